The molecule has 5 aromatic rings. The molecule has 1 saturated carbocycles. The third-order valence-corrected chi connectivity index (χ3v) is 8.91. The first-order chi connectivity index (χ1) is 21.1. The molecule has 1 aliphatic carbocycles. The number of carboxylic acid groups (broad SMARTS) is 1. The predicted octanol–water partition coefficient (Wildman–Crippen LogP) is 6.52. The smallest absolute Gasteiger partial charge is 0.335 e. The monoisotopic (exact) mass is 574 g/mol. The molecule has 0 radical (unpaired) electrons. The molecule has 1 amide bonds. The summed E-state index contributed by atoms with van der Waals surface area (Å²) in [5, 5.41) is 10.9. The summed E-state index contributed by atoms with van der Waals surface area (Å²) in [7, 11) is 0. The second kappa shape index (κ2) is 11.6. The van der Waals surface area contributed by atoms with E-state index in [0.29, 0.717) is 32.2 Å². The zero-order chi connectivity index (χ0) is 29.3. The quantitative estimate of drug-likeness (QED) is 0.248. The summed E-state index contributed by atoms with van der Waals surface area (Å²) in [6.07, 6.45) is 7.46. The summed E-state index contributed by atoms with van der Waals surface area (Å²) in [6.45, 7) is 2.27. The molecule has 3 heterocycles. The van der Waals surface area contributed by atoms with Crippen LogP contribution < -0.4 is 0 Å². The van der Waals surface area contributed by atoms with Crippen molar-refractivity contribution in [2.24, 2.45) is 0 Å². The molecule has 2 fully saturated rings. The fraction of sp³-hybridized carbons (Fsp3) is 0.314. The van der Waals surface area contributed by atoms with E-state index in [9.17, 15) is 14.7 Å². The second-order valence-corrected chi connectivity index (χ2v) is 11.5. The molecule has 3 aromatic carbocycles. The molecule has 7 rings (SSSR count). The number of nitrogens with zero attached hydrogens (tertiary/aromatic N) is 4. The number of aromatic carboxylic acids is 1. The van der Waals surface area contributed by atoms with Crippen molar-refractivity contribution in [1.29, 1.82) is 0 Å². The molecule has 1 N–H and O–H groups in total. The zero-order valence-corrected chi connectivity index (χ0v) is 24.0. The van der Waals surface area contributed by atoms with Crippen molar-refractivity contribution >= 4 is 33.8 Å². The molecule has 43 heavy (non-hydrogen) atoms. The van der Waals surface area contributed by atoms with Crippen molar-refractivity contribution in [3.8, 4) is 22.5 Å². The van der Waals surface area contributed by atoms with Gasteiger partial charge in [-0.05, 0) is 48.6 Å². The van der Waals surface area contributed by atoms with E-state index >= 15 is 0 Å². The first-order valence-electron chi connectivity index (χ1n) is 15.1. The largest absolute Gasteiger partial charge is 0.478 e. The van der Waals surface area contributed by atoms with Crippen LogP contribution in [0.15, 0.2) is 72.9 Å². The van der Waals surface area contributed by atoms with Gasteiger partial charge in [-0.25, -0.2) is 9.78 Å². The van der Waals surface area contributed by atoms with E-state index in [-0.39, 0.29) is 18.0 Å². The van der Waals surface area contributed by atoms with Crippen molar-refractivity contribution in [3.05, 3.63) is 84.1 Å². The molecule has 2 aromatic heterocycles. The van der Waals surface area contributed by atoms with Gasteiger partial charge in [0, 0.05) is 29.6 Å². The van der Waals surface area contributed by atoms with Gasteiger partial charge < -0.3 is 19.3 Å². The summed E-state index contributed by atoms with van der Waals surface area (Å²) in [4.78, 5) is 37.3. The minimum Gasteiger partial charge on any atom is -0.478 e. The molecule has 0 unspecified atom stereocenters. The van der Waals surface area contributed by atoms with E-state index in [0.717, 1.165) is 70.1 Å². The number of ether oxygens (including phenoxy) is 1. The van der Waals surface area contributed by atoms with Gasteiger partial charge in [-0.15, -0.1) is 0 Å². The van der Waals surface area contributed by atoms with Gasteiger partial charge in [0.15, 0.2) is 0 Å². The van der Waals surface area contributed by atoms with Crippen molar-refractivity contribution in [3.63, 3.8) is 0 Å². The van der Waals surface area contributed by atoms with Gasteiger partial charge in [-0.1, -0.05) is 61.7 Å². The summed E-state index contributed by atoms with van der Waals surface area (Å²) >= 11 is 0. The third kappa shape index (κ3) is 5.27. The number of aromatic nitrogens is 3. The lowest BCUT2D eigenvalue weighted by Gasteiger charge is -2.28. The average molecular weight is 575 g/mol. The molecule has 8 heteroatoms. The van der Waals surface area contributed by atoms with Crippen LogP contribution in [-0.4, -0.2) is 62.7 Å². The van der Waals surface area contributed by atoms with Crippen molar-refractivity contribution in [1.82, 2.24) is 19.4 Å². The van der Waals surface area contributed by atoms with E-state index < -0.39 is 5.97 Å². The molecular weight excluding hydrogens is 540 g/mol. The maximum absolute atomic E-state index is 13.7. The predicted molar refractivity (Wildman–Crippen MR) is 166 cm³/mol. The number of carbonyl (C=O) groups is 2. The number of benzene rings is 3. The zero-order valence-electron chi connectivity index (χ0n) is 24.0. The van der Waals surface area contributed by atoms with Crippen LogP contribution in [0, 0.1) is 0 Å². The third-order valence-electron chi connectivity index (χ3n) is 8.91. The highest BCUT2D eigenvalue weighted by atomic mass is 16.5. The summed E-state index contributed by atoms with van der Waals surface area (Å²) in [5.74, 6) is -0.659. The highest BCUT2D eigenvalue weighted by molar-refractivity contribution is 5.99. The van der Waals surface area contributed by atoms with Crippen LogP contribution in [0.4, 0.5) is 0 Å². The van der Waals surface area contributed by atoms with E-state index in [2.05, 4.69) is 16.7 Å². The van der Waals surface area contributed by atoms with Crippen LogP contribution in [0.1, 0.15) is 53.9 Å². The second-order valence-electron chi connectivity index (χ2n) is 11.5. The molecule has 1 aliphatic heterocycles. The minimum atomic E-state index is -0.982. The number of hydrogen-bond acceptors (Lipinski definition) is 5. The SMILES string of the molecule is O=C(O)c1ccc2c(C3CCCCC3)c(-c3ccc4ncc(-c5ccccc5)nc4c3)n(CC(=O)N3CCOCC3)c2c1. The maximum Gasteiger partial charge on any atom is 0.335 e. The van der Waals surface area contributed by atoms with E-state index in [4.69, 9.17) is 14.7 Å². The Bertz CT molecular complexity index is 1820. The number of hydrogen-bond donors (Lipinski definition) is 1. The minimum absolute atomic E-state index is 0.00400. The van der Waals surface area contributed by atoms with Crippen LogP contribution in [-0.2, 0) is 16.1 Å². The highest BCUT2D eigenvalue weighted by Crippen LogP contribution is 2.44. The highest BCUT2D eigenvalue weighted by Gasteiger charge is 2.29. The fourth-order valence-electron chi connectivity index (χ4n) is 6.74. The molecule has 1 saturated heterocycles. The lowest BCUT2D eigenvalue weighted by molar-refractivity contribution is -0.135. The molecule has 218 valence electrons. The summed E-state index contributed by atoms with van der Waals surface area (Å²) in [6, 6.07) is 21.5. The summed E-state index contributed by atoms with van der Waals surface area (Å²) in [5.41, 5.74) is 7.48. The molecule has 0 atom stereocenters. The molecule has 0 bridgehead atoms. The number of morpholine rings is 1. The van der Waals surface area contributed by atoms with E-state index in [1.54, 1.807) is 18.3 Å². The summed E-state index contributed by atoms with van der Waals surface area (Å²) < 4.78 is 7.55. The standard InChI is InChI=1S/C35H34N4O4/c40-32(38-15-17-43-18-16-38)22-39-31-20-26(35(41)42)11-13-27(31)33(24-9-5-2-6-10-24)34(39)25-12-14-28-29(19-25)37-30(21-36-28)23-7-3-1-4-8-23/h1,3-4,7-8,11-14,19-21,24H,2,5-6,9-10,15-18,22H2,(H,41,42). The Morgan fingerprint density at radius 3 is 2.44 bits per heavy atom. The Hall–Kier alpha value is -4.56. The normalized spacial score (nSPS) is 16.1. The Kier molecular flexibility index (Phi) is 7.37. The number of fused-ring (bicyclic) bond motifs is 2. The van der Waals surface area contributed by atoms with Crippen molar-refractivity contribution < 1.29 is 19.4 Å². The lowest BCUT2D eigenvalue weighted by atomic mass is 9.81. The van der Waals surface area contributed by atoms with E-state index in [1.165, 1.54) is 12.0 Å². The van der Waals surface area contributed by atoms with Gasteiger partial charge in [-0.2, -0.15) is 0 Å². The van der Waals surface area contributed by atoms with Crippen LogP contribution in [0.2, 0.25) is 0 Å². The van der Waals surface area contributed by atoms with Gasteiger partial charge in [-0.3, -0.25) is 9.78 Å². The number of rotatable bonds is 6. The van der Waals surface area contributed by atoms with E-state index in [1.807, 2.05) is 47.4 Å². The fourth-order valence-corrected chi connectivity index (χ4v) is 6.74. The van der Waals surface area contributed by atoms with Gasteiger partial charge in [0.25, 0.3) is 0 Å². The topological polar surface area (TPSA) is 97.5 Å². The number of carboxylic acids is 1. The Labute approximate surface area is 249 Å². The number of amides is 1. The van der Waals surface area contributed by atoms with Crippen LogP contribution in [0.25, 0.3) is 44.5 Å². The van der Waals surface area contributed by atoms with Crippen molar-refractivity contribution in [2.75, 3.05) is 26.3 Å². The van der Waals surface area contributed by atoms with Crippen LogP contribution in [0.5, 0.6) is 0 Å². The number of carbonyl (C=O) groups excluding carboxylic acids is 1. The van der Waals surface area contributed by atoms with Crippen molar-refractivity contribution in [2.45, 2.75) is 44.6 Å². The Balaban J connectivity index is 1.44. The lowest BCUT2D eigenvalue weighted by Crippen LogP contribution is -2.42. The van der Waals surface area contributed by atoms with Crippen LogP contribution >= 0.6 is 0 Å². The van der Waals surface area contributed by atoms with Gasteiger partial charge in [0.05, 0.1) is 52.9 Å². The molecular formula is C35H34N4O4. The first kappa shape index (κ1) is 27.3. The van der Waals surface area contributed by atoms with Crippen LogP contribution in [0.3, 0.4) is 0 Å². The van der Waals surface area contributed by atoms with Gasteiger partial charge >= 0.3 is 5.97 Å². The molecule has 0 spiro atoms. The first-order valence-corrected chi connectivity index (χ1v) is 15.1. The molecule has 2 aliphatic rings. The average Bonchev–Trinajstić information content (AvgIpc) is 3.38. The Morgan fingerprint density at radius 2 is 1.67 bits per heavy atom. The van der Waals surface area contributed by atoms with Gasteiger partial charge in [0.2, 0.25) is 5.91 Å². The maximum atomic E-state index is 13.7. The Morgan fingerprint density at radius 1 is 0.884 bits per heavy atom. The molecule has 8 nitrogen and oxygen atoms in total. The van der Waals surface area contributed by atoms with Gasteiger partial charge in [0.1, 0.15) is 6.54 Å².